The summed E-state index contributed by atoms with van der Waals surface area (Å²) >= 11 is 0. The number of carbonyl (C=O) groups is 1. The fraction of sp³-hybridized carbons (Fsp3) is 0.611. The fourth-order valence-electron chi connectivity index (χ4n) is 2.29. The van der Waals surface area contributed by atoms with Crippen LogP contribution >= 0.6 is 0 Å². The van der Waals surface area contributed by atoms with E-state index in [-0.39, 0.29) is 23.9 Å². The zero-order chi connectivity index (χ0) is 15.8. The van der Waals surface area contributed by atoms with Gasteiger partial charge in [0.2, 0.25) is 0 Å². The number of rotatable bonds is 8. The Morgan fingerprint density at radius 1 is 1.19 bits per heavy atom. The van der Waals surface area contributed by atoms with E-state index in [1.54, 1.807) is 0 Å². The molecule has 0 aromatic heterocycles. The maximum Gasteiger partial charge on any atom is 0.308 e. The number of aryl methyl sites for hydroxylation is 1. The van der Waals surface area contributed by atoms with Crippen molar-refractivity contribution in [1.29, 1.82) is 0 Å². The number of benzene rings is 1. The second-order valence-electron chi connectivity index (χ2n) is 5.99. The van der Waals surface area contributed by atoms with E-state index in [4.69, 9.17) is 4.74 Å². The minimum absolute atomic E-state index is 0.0542. The van der Waals surface area contributed by atoms with Gasteiger partial charge in [-0.2, -0.15) is 0 Å². The first kappa shape index (κ1) is 17.7. The van der Waals surface area contributed by atoms with Gasteiger partial charge < -0.3 is 9.84 Å². The van der Waals surface area contributed by atoms with Crippen molar-refractivity contribution < 1.29 is 14.6 Å². The van der Waals surface area contributed by atoms with E-state index in [0.717, 1.165) is 12.8 Å². The average Bonchev–Trinajstić information content (AvgIpc) is 2.50. The maximum atomic E-state index is 11.9. The second-order valence-corrected chi connectivity index (χ2v) is 5.99. The Morgan fingerprint density at radius 3 is 2.33 bits per heavy atom. The molecule has 0 saturated heterocycles. The molecule has 0 bridgehead atoms. The normalized spacial score (nSPS) is 15.5. The van der Waals surface area contributed by atoms with Crippen LogP contribution in [0, 0.1) is 11.8 Å². The highest BCUT2D eigenvalue weighted by Gasteiger charge is 2.27. The van der Waals surface area contributed by atoms with Crippen molar-refractivity contribution in [3.05, 3.63) is 35.9 Å². The molecule has 1 N–H and O–H groups in total. The number of hydrogen-bond acceptors (Lipinski definition) is 3. The molecule has 1 rings (SSSR count). The lowest BCUT2D eigenvalue weighted by atomic mass is 9.91. The SMILES string of the molecule is CC[C@@H](O)[C@H](C)[C@@H](CCc1ccccc1)OC(=O)C(C)C. The summed E-state index contributed by atoms with van der Waals surface area (Å²) in [5.74, 6) is -0.389. The van der Waals surface area contributed by atoms with Crippen LogP contribution in [0.1, 0.15) is 46.1 Å². The molecule has 0 aliphatic carbocycles. The molecule has 21 heavy (non-hydrogen) atoms. The van der Waals surface area contributed by atoms with Gasteiger partial charge in [0.25, 0.3) is 0 Å². The largest absolute Gasteiger partial charge is 0.462 e. The standard InChI is InChI=1S/C18H28O3/c1-5-16(19)14(4)17(21-18(20)13(2)3)12-11-15-9-7-6-8-10-15/h6-10,13-14,16-17,19H,5,11-12H2,1-4H3/t14-,16+,17+/m0/s1. The summed E-state index contributed by atoms with van der Waals surface area (Å²) in [5, 5.41) is 10.1. The molecule has 0 heterocycles. The van der Waals surface area contributed by atoms with Gasteiger partial charge in [-0.25, -0.2) is 0 Å². The second kappa shape index (κ2) is 8.83. The van der Waals surface area contributed by atoms with E-state index in [1.165, 1.54) is 5.56 Å². The summed E-state index contributed by atoms with van der Waals surface area (Å²) in [6.45, 7) is 7.56. The molecule has 0 saturated carbocycles. The quantitative estimate of drug-likeness (QED) is 0.745. The highest BCUT2D eigenvalue weighted by atomic mass is 16.5. The predicted molar refractivity (Wildman–Crippen MR) is 84.9 cm³/mol. The van der Waals surface area contributed by atoms with Crippen LogP contribution in [0.25, 0.3) is 0 Å². The molecular formula is C18H28O3. The van der Waals surface area contributed by atoms with E-state index in [0.29, 0.717) is 6.42 Å². The van der Waals surface area contributed by atoms with Gasteiger partial charge in [0.1, 0.15) is 6.10 Å². The van der Waals surface area contributed by atoms with Crippen molar-refractivity contribution in [3.8, 4) is 0 Å². The average molecular weight is 292 g/mol. The van der Waals surface area contributed by atoms with Crippen molar-refractivity contribution in [3.63, 3.8) is 0 Å². The molecule has 0 fully saturated rings. The minimum atomic E-state index is -0.439. The van der Waals surface area contributed by atoms with Gasteiger partial charge in [0, 0.05) is 5.92 Å². The zero-order valence-corrected chi connectivity index (χ0v) is 13.6. The van der Waals surface area contributed by atoms with Crippen molar-refractivity contribution in [1.82, 2.24) is 0 Å². The molecule has 3 nitrogen and oxygen atoms in total. The van der Waals surface area contributed by atoms with Crippen molar-refractivity contribution in [2.45, 2.75) is 59.2 Å². The smallest absolute Gasteiger partial charge is 0.308 e. The summed E-state index contributed by atoms with van der Waals surface area (Å²) in [7, 11) is 0. The van der Waals surface area contributed by atoms with E-state index < -0.39 is 6.10 Å². The third-order valence-corrected chi connectivity index (χ3v) is 3.91. The fourth-order valence-corrected chi connectivity index (χ4v) is 2.29. The van der Waals surface area contributed by atoms with Crippen LogP contribution in [0.3, 0.4) is 0 Å². The topological polar surface area (TPSA) is 46.5 Å². The first-order chi connectivity index (χ1) is 9.95. The summed E-state index contributed by atoms with van der Waals surface area (Å²) < 4.78 is 5.62. The van der Waals surface area contributed by atoms with Gasteiger partial charge in [0.15, 0.2) is 0 Å². The third kappa shape index (κ3) is 5.88. The monoisotopic (exact) mass is 292 g/mol. The van der Waals surface area contributed by atoms with E-state index in [1.807, 2.05) is 45.9 Å². The van der Waals surface area contributed by atoms with E-state index in [2.05, 4.69) is 12.1 Å². The lowest BCUT2D eigenvalue weighted by Crippen LogP contribution is -2.34. The Bertz CT molecular complexity index is 414. The van der Waals surface area contributed by atoms with Crippen LogP contribution in [0.5, 0.6) is 0 Å². The van der Waals surface area contributed by atoms with Gasteiger partial charge in [-0.05, 0) is 24.8 Å². The maximum absolute atomic E-state index is 11.9. The number of aliphatic hydroxyl groups excluding tert-OH is 1. The molecule has 0 unspecified atom stereocenters. The van der Waals surface area contributed by atoms with Crippen LogP contribution in [-0.4, -0.2) is 23.3 Å². The molecule has 0 radical (unpaired) electrons. The van der Waals surface area contributed by atoms with Crippen LogP contribution in [0.15, 0.2) is 30.3 Å². The number of carbonyl (C=O) groups excluding carboxylic acids is 1. The molecule has 0 amide bonds. The predicted octanol–water partition coefficient (Wildman–Crippen LogP) is 3.59. The molecule has 0 aliphatic heterocycles. The number of ether oxygens (including phenoxy) is 1. The molecule has 3 heteroatoms. The van der Waals surface area contributed by atoms with Gasteiger partial charge >= 0.3 is 5.97 Å². The molecule has 118 valence electrons. The Kier molecular flexibility index (Phi) is 7.44. The minimum Gasteiger partial charge on any atom is -0.462 e. The molecule has 1 aromatic rings. The molecule has 3 atom stereocenters. The van der Waals surface area contributed by atoms with Crippen molar-refractivity contribution in [2.75, 3.05) is 0 Å². The molecule has 0 spiro atoms. The van der Waals surface area contributed by atoms with Crippen LogP contribution in [0.2, 0.25) is 0 Å². The van der Waals surface area contributed by atoms with Crippen molar-refractivity contribution >= 4 is 5.97 Å². The van der Waals surface area contributed by atoms with Gasteiger partial charge in [-0.3, -0.25) is 4.79 Å². The van der Waals surface area contributed by atoms with Crippen LogP contribution in [-0.2, 0) is 16.0 Å². The highest BCUT2D eigenvalue weighted by Crippen LogP contribution is 2.21. The van der Waals surface area contributed by atoms with Crippen molar-refractivity contribution in [2.24, 2.45) is 11.8 Å². The number of esters is 1. The molecular weight excluding hydrogens is 264 g/mol. The first-order valence-corrected chi connectivity index (χ1v) is 7.88. The number of aliphatic hydroxyl groups is 1. The Labute approximate surface area is 128 Å². The van der Waals surface area contributed by atoms with Crippen LogP contribution in [0.4, 0.5) is 0 Å². The number of hydrogen-bond donors (Lipinski definition) is 1. The third-order valence-electron chi connectivity index (χ3n) is 3.91. The van der Waals surface area contributed by atoms with E-state index >= 15 is 0 Å². The van der Waals surface area contributed by atoms with Gasteiger partial charge in [0.05, 0.1) is 12.0 Å². The van der Waals surface area contributed by atoms with E-state index in [9.17, 15) is 9.90 Å². The lowest BCUT2D eigenvalue weighted by molar-refractivity contribution is -0.158. The lowest BCUT2D eigenvalue weighted by Gasteiger charge is -2.28. The summed E-state index contributed by atoms with van der Waals surface area (Å²) in [4.78, 5) is 11.9. The summed E-state index contributed by atoms with van der Waals surface area (Å²) in [6, 6.07) is 10.2. The molecule has 0 aliphatic rings. The Balaban J connectivity index is 2.69. The first-order valence-electron chi connectivity index (χ1n) is 7.88. The zero-order valence-electron chi connectivity index (χ0n) is 13.6. The summed E-state index contributed by atoms with van der Waals surface area (Å²) in [5.41, 5.74) is 1.22. The van der Waals surface area contributed by atoms with Crippen LogP contribution < -0.4 is 0 Å². The van der Waals surface area contributed by atoms with Gasteiger partial charge in [-0.15, -0.1) is 0 Å². The summed E-state index contributed by atoms with van der Waals surface area (Å²) in [6.07, 6.45) is 1.57. The highest BCUT2D eigenvalue weighted by molar-refractivity contribution is 5.71. The van der Waals surface area contributed by atoms with Gasteiger partial charge in [-0.1, -0.05) is 58.0 Å². The molecule has 1 aromatic carbocycles. The Hall–Kier alpha value is -1.35. The Morgan fingerprint density at radius 2 is 1.81 bits per heavy atom.